The van der Waals surface area contributed by atoms with Gasteiger partial charge in [-0.3, -0.25) is 4.40 Å². The first kappa shape index (κ1) is 14.1. The zero-order valence-corrected chi connectivity index (χ0v) is 14.0. The molecule has 0 radical (unpaired) electrons. The molecule has 0 aliphatic rings. The molecule has 21 heavy (non-hydrogen) atoms. The van der Waals surface area contributed by atoms with Gasteiger partial charge >= 0.3 is 0 Å². The summed E-state index contributed by atoms with van der Waals surface area (Å²) in [7, 11) is 0. The predicted octanol–water partition coefficient (Wildman–Crippen LogP) is 4.56. The number of imidazole rings is 1. The van der Waals surface area contributed by atoms with Crippen molar-refractivity contribution >= 4 is 22.8 Å². The minimum atomic E-state index is 0.156. The van der Waals surface area contributed by atoms with E-state index in [0.29, 0.717) is 0 Å². The van der Waals surface area contributed by atoms with Gasteiger partial charge in [0.25, 0.3) is 0 Å². The van der Waals surface area contributed by atoms with Crippen molar-refractivity contribution in [2.45, 2.75) is 40.0 Å². The number of thiophene rings is 1. The van der Waals surface area contributed by atoms with Crippen LogP contribution in [0.4, 0.5) is 5.82 Å². The number of rotatable bonds is 1. The molecule has 0 spiro atoms. The Labute approximate surface area is 129 Å². The molecular formula is C17H21N3S. The molecule has 110 valence electrons. The molecule has 0 unspecified atom stereocenters. The van der Waals surface area contributed by atoms with Crippen LogP contribution in [0.25, 0.3) is 16.2 Å². The van der Waals surface area contributed by atoms with Gasteiger partial charge < -0.3 is 5.73 Å². The molecule has 0 aliphatic heterocycles. The highest BCUT2D eigenvalue weighted by atomic mass is 32.1. The van der Waals surface area contributed by atoms with Crippen molar-refractivity contribution in [3.8, 4) is 10.6 Å². The van der Waals surface area contributed by atoms with Gasteiger partial charge in [0.15, 0.2) is 0 Å². The Morgan fingerprint density at radius 3 is 2.48 bits per heavy atom. The second-order valence-corrected chi connectivity index (χ2v) is 7.71. The summed E-state index contributed by atoms with van der Waals surface area (Å²) in [5, 5.41) is 0. The SMILES string of the molecule is Cc1cc(C)n2c(N)c(-c3ccc(C(C)(C)C)s3)nc2c1. The second kappa shape index (κ2) is 4.60. The van der Waals surface area contributed by atoms with Crippen molar-refractivity contribution in [3.05, 3.63) is 40.4 Å². The molecule has 3 aromatic heterocycles. The molecule has 0 amide bonds. The van der Waals surface area contributed by atoms with E-state index in [1.165, 1.54) is 10.4 Å². The number of nitrogens with two attached hydrogens (primary N) is 1. The Bertz CT molecular complexity index is 819. The quantitative estimate of drug-likeness (QED) is 0.716. The fraction of sp³-hybridized carbons (Fsp3) is 0.353. The molecule has 0 aliphatic carbocycles. The van der Waals surface area contributed by atoms with Gasteiger partial charge in [-0.05, 0) is 49.1 Å². The van der Waals surface area contributed by atoms with Crippen molar-refractivity contribution in [1.82, 2.24) is 9.38 Å². The number of fused-ring (bicyclic) bond motifs is 1. The summed E-state index contributed by atoms with van der Waals surface area (Å²) in [5.74, 6) is 0.727. The summed E-state index contributed by atoms with van der Waals surface area (Å²) in [6.45, 7) is 10.8. The van der Waals surface area contributed by atoms with Gasteiger partial charge in [-0.15, -0.1) is 11.3 Å². The number of nitrogens with zero attached hydrogens (tertiary/aromatic N) is 2. The number of hydrogen-bond donors (Lipinski definition) is 1. The molecule has 0 bridgehead atoms. The highest BCUT2D eigenvalue weighted by Crippen LogP contribution is 2.37. The van der Waals surface area contributed by atoms with Crippen LogP contribution in [-0.2, 0) is 5.41 Å². The van der Waals surface area contributed by atoms with Crippen molar-refractivity contribution in [2.24, 2.45) is 0 Å². The zero-order valence-electron chi connectivity index (χ0n) is 13.2. The number of pyridine rings is 1. The Balaban J connectivity index is 2.19. The number of nitrogen functional groups attached to an aromatic ring is 1. The lowest BCUT2D eigenvalue weighted by molar-refractivity contribution is 0.604. The second-order valence-electron chi connectivity index (χ2n) is 6.63. The molecule has 3 heterocycles. The van der Waals surface area contributed by atoms with Crippen molar-refractivity contribution in [1.29, 1.82) is 0 Å². The van der Waals surface area contributed by atoms with Gasteiger partial charge in [0, 0.05) is 10.6 Å². The topological polar surface area (TPSA) is 43.3 Å². The first-order chi connectivity index (χ1) is 9.77. The Morgan fingerprint density at radius 1 is 1.14 bits per heavy atom. The first-order valence-corrected chi connectivity index (χ1v) is 7.95. The number of aryl methyl sites for hydroxylation is 2. The van der Waals surface area contributed by atoms with E-state index < -0.39 is 0 Å². The van der Waals surface area contributed by atoms with Crippen molar-refractivity contribution < 1.29 is 0 Å². The average Bonchev–Trinajstić information content (AvgIpc) is 2.93. The molecule has 0 saturated heterocycles. The highest BCUT2D eigenvalue weighted by Gasteiger charge is 2.19. The Kier molecular flexibility index (Phi) is 3.10. The molecule has 0 fully saturated rings. The van der Waals surface area contributed by atoms with Crippen LogP contribution >= 0.6 is 11.3 Å². The van der Waals surface area contributed by atoms with Crippen LogP contribution in [0.2, 0.25) is 0 Å². The lowest BCUT2D eigenvalue weighted by Crippen LogP contribution is -2.07. The Hall–Kier alpha value is -1.81. The summed E-state index contributed by atoms with van der Waals surface area (Å²) in [6, 6.07) is 8.52. The van der Waals surface area contributed by atoms with Crippen molar-refractivity contribution in [3.63, 3.8) is 0 Å². The van der Waals surface area contributed by atoms with E-state index in [0.717, 1.165) is 27.7 Å². The normalized spacial score (nSPS) is 12.2. The predicted molar refractivity (Wildman–Crippen MR) is 91.1 cm³/mol. The van der Waals surface area contributed by atoms with Crippen LogP contribution in [0.1, 0.15) is 36.9 Å². The minimum Gasteiger partial charge on any atom is -0.383 e. The fourth-order valence-corrected chi connectivity index (χ4v) is 3.67. The number of aromatic nitrogens is 2. The molecule has 0 aromatic carbocycles. The zero-order chi connectivity index (χ0) is 15.4. The standard InChI is InChI=1S/C17H21N3S/c1-10-8-11(2)20-14(9-10)19-15(16(20)18)12-6-7-13(21-12)17(3,4)5/h6-9H,18H2,1-5H3. The van der Waals surface area contributed by atoms with Crippen LogP contribution in [-0.4, -0.2) is 9.38 Å². The summed E-state index contributed by atoms with van der Waals surface area (Å²) in [5.41, 5.74) is 10.6. The molecule has 3 aromatic rings. The lowest BCUT2D eigenvalue weighted by atomic mass is 9.95. The number of hydrogen-bond acceptors (Lipinski definition) is 3. The monoisotopic (exact) mass is 299 g/mol. The van der Waals surface area contributed by atoms with E-state index in [1.54, 1.807) is 11.3 Å². The maximum absolute atomic E-state index is 6.35. The van der Waals surface area contributed by atoms with Crippen LogP contribution in [0.15, 0.2) is 24.3 Å². The summed E-state index contributed by atoms with van der Waals surface area (Å²) >= 11 is 1.78. The fourth-order valence-electron chi connectivity index (χ4n) is 2.61. The molecule has 0 saturated carbocycles. The summed E-state index contributed by atoms with van der Waals surface area (Å²) < 4.78 is 2.03. The van der Waals surface area contributed by atoms with Gasteiger partial charge in [-0.1, -0.05) is 20.8 Å². The molecule has 4 heteroatoms. The van der Waals surface area contributed by atoms with Gasteiger partial charge in [0.2, 0.25) is 0 Å². The van der Waals surface area contributed by atoms with Gasteiger partial charge in [0.05, 0.1) is 4.88 Å². The van der Waals surface area contributed by atoms with E-state index in [4.69, 9.17) is 10.7 Å². The summed E-state index contributed by atoms with van der Waals surface area (Å²) in [4.78, 5) is 7.23. The maximum atomic E-state index is 6.35. The van der Waals surface area contributed by atoms with Gasteiger partial charge in [0.1, 0.15) is 17.2 Å². The van der Waals surface area contributed by atoms with E-state index in [1.807, 2.05) is 4.40 Å². The Morgan fingerprint density at radius 2 is 1.86 bits per heavy atom. The van der Waals surface area contributed by atoms with Gasteiger partial charge in [-0.25, -0.2) is 4.98 Å². The van der Waals surface area contributed by atoms with Crippen molar-refractivity contribution in [2.75, 3.05) is 5.73 Å². The lowest BCUT2D eigenvalue weighted by Gasteiger charge is -2.15. The van der Waals surface area contributed by atoms with E-state index >= 15 is 0 Å². The third-order valence-corrected chi connectivity index (χ3v) is 5.18. The molecular weight excluding hydrogens is 278 g/mol. The smallest absolute Gasteiger partial charge is 0.139 e. The van der Waals surface area contributed by atoms with Crippen LogP contribution in [0.3, 0.4) is 0 Å². The molecule has 3 nitrogen and oxygen atoms in total. The van der Waals surface area contributed by atoms with Crippen LogP contribution < -0.4 is 5.73 Å². The van der Waals surface area contributed by atoms with Gasteiger partial charge in [-0.2, -0.15) is 0 Å². The van der Waals surface area contributed by atoms with Crippen LogP contribution in [0.5, 0.6) is 0 Å². The highest BCUT2D eigenvalue weighted by molar-refractivity contribution is 7.15. The third-order valence-electron chi connectivity index (χ3n) is 3.66. The van der Waals surface area contributed by atoms with Crippen LogP contribution in [0, 0.1) is 13.8 Å². The molecule has 2 N–H and O–H groups in total. The molecule has 0 atom stereocenters. The minimum absolute atomic E-state index is 0.156. The van der Waals surface area contributed by atoms with E-state index in [9.17, 15) is 0 Å². The first-order valence-electron chi connectivity index (χ1n) is 7.13. The third kappa shape index (κ3) is 2.33. The largest absolute Gasteiger partial charge is 0.383 e. The molecule has 3 rings (SSSR count). The average molecular weight is 299 g/mol. The van der Waals surface area contributed by atoms with E-state index in [2.05, 4.69) is 58.9 Å². The summed E-state index contributed by atoms with van der Waals surface area (Å²) in [6.07, 6.45) is 0. The number of anilines is 1. The maximum Gasteiger partial charge on any atom is 0.139 e. The van der Waals surface area contributed by atoms with E-state index in [-0.39, 0.29) is 5.41 Å².